The second kappa shape index (κ2) is 18.3. The van der Waals surface area contributed by atoms with Gasteiger partial charge < -0.3 is 0 Å². The van der Waals surface area contributed by atoms with Gasteiger partial charge in [-0.05, 0) is 72.8 Å². The second-order valence-electron chi connectivity index (χ2n) is 9.19. The summed E-state index contributed by atoms with van der Waals surface area (Å²) in [6.07, 6.45) is 9.33. The summed E-state index contributed by atoms with van der Waals surface area (Å²) in [5.74, 6) is 0. The summed E-state index contributed by atoms with van der Waals surface area (Å²) in [6, 6.07) is 27.8. The van der Waals surface area contributed by atoms with E-state index in [1.807, 2.05) is 24.3 Å². The van der Waals surface area contributed by atoms with Crippen LogP contribution in [0.4, 0.5) is 11.4 Å². The minimum atomic E-state index is 0. The maximum Gasteiger partial charge on any atom is 2.00 e. The standard InChI is InChI=1S/3C12H6N4.Co/c2*1-14-10-3-5-16-12(7-10)11-6-9(8-13)2-4-15-11;13-7-9-1-3-15-11(5-9)12-6-10(8-14)2-4-16-12;/h2*2-7H;1-6H;/q;;;+2. The molecule has 6 heterocycles. The number of rotatable bonds is 3. The summed E-state index contributed by atoms with van der Waals surface area (Å²) in [4.78, 5) is 31.3. The monoisotopic (exact) mass is 677 g/mol. The molecule has 0 aliphatic carbocycles. The molecule has 49 heavy (non-hydrogen) atoms. The van der Waals surface area contributed by atoms with Crippen LogP contribution in [0.3, 0.4) is 0 Å². The van der Waals surface area contributed by atoms with E-state index in [2.05, 4.69) is 39.6 Å². The third-order valence-electron chi connectivity index (χ3n) is 6.09. The van der Waals surface area contributed by atoms with Crippen molar-refractivity contribution in [1.82, 2.24) is 29.9 Å². The van der Waals surface area contributed by atoms with Gasteiger partial charge in [-0.15, -0.1) is 0 Å². The fourth-order valence-corrected chi connectivity index (χ4v) is 3.82. The number of aromatic nitrogens is 6. The molecule has 0 bridgehead atoms. The van der Waals surface area contributed by atoms with Crippen LogP contribution >= 0.6 is 0 Å². The van der Waals surface area contributed by atoms with Gasteiger partial charge in [0.2, 0.25) is 0 Å². The van der Waals surface area contributed by atoms with E-state index in [-0.39, 0.29) is 16.8 Å². The van der Waals surface area contributed by atoms with Crippen LogP contribution in [0.15, 0.2) is 110 Å². The Labute approximate surface area is 291 Å². The van der Waals surface area contributed by atoms with Gasteiger partial charge in [0.15, 0.2) is 11.4 Å². The molecule has 0 atom stereocenters. The number of hydrogen-bond acceptors (Lipinski definition) is 10. The van der Waals surface area contributed by atoms with Crippen molar-refractivity contribution in [1.29, 1.82) is 21.0 Å². The molecule has 0 fully saturated rings. The maximum atomic E-state index is 8.76. The molecule has 0 spiro atoms. The van der Waals surface area contributed by atoms with Crippen LogP contribution < -0.4 is 0 Å². The molecule has 0 aliphatic heterocycles. The maximum absolute atomic E-state index is 8.76. The second-order valence-corrected chi connectivity index (χ2v) is 9.19. The van der Waals surface area contributed by atoms with Gasteiger partial charge in [0.05, 0.1) is 93.8 Å². The Morgan fingerprint density at radius 1 is 0.388 bits per heavy atom. The summed E-state index contributed by atoms with van der Waals surface area (Å²) in [5, 5.41) is 35.0. The number of nitriles is 4. The number of nitrogens with zero attached hydrogens (tertiary/aromatic N) is 12. The van der Waals surface area contributed by atoms with E-state index in [0.717, 1.165) is 0 Å². The molecule has 0 amide bonds. The molecule has 6 aromatic rings. The largest absolute Gasteiger partial charge is 2.00 e. The van der Waals surface area contributed by atoms with E-state index in [0.29, 0.717) is 67.8 Å². The van der Waals surface area contributed by atoms with E-state index in [9.17, 15) is 0 Å². The molecule has 12 nitrogen and oxygen atoms in total. The number of pyridine rings is 6. The Morgan fingerprint density at radius 2 is 0.612 bits per heavy atom. The molecule has 6 aromatic heterocycles. The summed E-state index contributed by atoms with van der Waals surface area (Å²) in [6.45, 7) is 13.8. The molecule has 229 valence electrons. The van der Waals surface area contributed by atoms with Crippen molar-refractivity contribution in [3.05, 3.63) is 155 Å². The van der Waals surface area contributed by atoms with Gasteiger partial charge in [0.1, 0.15) is 0 Å². The van der Waals surface area contributed by atoms with Gasteiger partial charge in [-0.1, -0.05) is 0 Å². The molecular weight excluding hydrogens is 659 g/mol. The van der Waals surface area contributed by atoms with Crippen molar-refractivity contribution in [2.75, 3.05) is 0 Å². The van der Waals surface area contributed by atoms with Crippen LogP contribution in [-0.2, 0) is 16.8 Å². The van der Waals surface area contributed by atoms with E-state index in [1.54, 1.807) is 110 Å². The Morgan fingerprint density at radius 3 is 0.837 bits per heavy atom. The average molecular weight is 678 g/mol. The molecule has 6 rings (SSSR count). The topological polar surface area (TPSA) is 181 Å². The summed E-state index contributed by atoms with van der Waals surface area (Å²) in [7, 11) is 0. The van der Waals surface area contributed by atoms with Crippen LogP contribution in [0.5, 0.6) is 0 Å². The van der Waals surface area contributed by atoms with Gasteiger partial charge in [0, 0.05) is 37.2 Å². The third kappa shape index (κ3) is 10.2. The zero-order chi connectivity index (χ0) is 34.1. The molecule has 1 radical (unpaired) electrons. The first kappa shape index (κ1) is 35.8. The fourth-order valence-electron chi connectivity index (χ4n) is 3.82. The Bertz CT molecular complexity index is 1920. The van der Waals surface area contributed by atoms with Crippen LogP contribution in [0, 0.1) is 58.5 Å². The van der Waals surface area contributed by atoms with Gasteiger partial charge in [-0.3, -0.25) is 29.9 Å². The molecule has 0 aliphatic rings. The first-order chi connectivity index (χ1) is 23.5. The van der Waals surface area contributed by atoms with Crippen molar-refractivity contribution in [3.8, 4) is 58.4 Å². The Balaban J connectivity index is 0.000000197. The molecular formula is C36H18CoN12+2. The van der Waals surface area contributed by atoms with E-state index >= 15 is 0 Å². The van der Waals surface area contributed by atoms with Crippen LogP contribution in [-0.4, -0.2) is 29.9 Å². The smallest absolute Gasteiger partial charge is 0.257 e. The normalized spacial score (nSPS) is 8.94. The zero-order valence-electron chi connectivity index (χ0n) is 25.1. The van der Waals surface area contributed by atoms with Crippen molar-refractivity contribution in [2.45, 2.75) is 0 Å². The van der Waals surface area contributed by atoms with Crippen molar-refractivity contribution in [2.24, 2.45) is 0 Å². The molecule has 0 saturated heterocycles. The fraction of sp³-hybridized carbons (Fsp3) is 0. The minimum absolute atomic E-state index is 0. The molecule has 0 aromatic carbocycles. The minimum Gasteiger partial charge on any atom is -0.257 e. The van der Waals surface area contributed by atoms with Crippen molar-refractivity contribution >= 4 is 11.4 Å². The quantitative estimate of drug-likeness (QED) is 0.177. The van der Waals surface area contributed by atoms with Crippen molar-refractivity contribution in [3.63, 3.8) is 0 Å². The van der Waals surface area contributed by atoms with Crippen LogP contribution in [0.2, 0.25) is 0 Å². The molecule has 13 heteroatoms. The third-order valence-corrected chi connectivity index (χ3v) is 6.09. The van der Waals surface area contributed by atoms with E-state index in [4.69, 9.17) is 34.2 Å². The average Bonchev–Trinajstić information content (AvgIpc) is 3.18. The SMILES string of the molecule is N#Cc1ccnc(-c2cc(C#N)ccn2)c1.[C-]#[N+]c1ccnc(-c2cc(C#N)ccn2)c1.[C-]#[N+]c1ccnc(-c2cc(C#N)ccn2)c1.[Co+2]. The first-order valence-electron chi connectivity index (χ1n) is 13.6. The van der Waals surface area contributed by atoms with Crippen molar-refractivity contribution < 1.29 is 16.8 Å². The molecule has 0 saturated carbocycles. The predicted octanol–water partition coefficient (Wildman–Crippen LogP) is 7.02. The van der Waals surface area contributed by atoms with Crippen LogP contribution in [0.1, 0.15) is 22.3 Å². The van der Waals surface area contributed by atoms with E-state index in [1.165, 1.54) is 0 Å². The zero-order valence-corrected chi connectivity index (χ0v) is 26.1. The summed E-state index contributed by atoms with van der Waals surface area (Å²) >= 11 is 0. The summed E-state index contributed by atoms with van der Waals surface area (Å²) < 4.78 is 0. The molecule has 0 unspecified atom stereocenters. The Hall–Kier alpha value is -7.65. The Kier molecular flexibility index (Phi) is 13.4. The van der Waals surface area contributed by atoms with Crippen LogP contribution in [0.25, 0.3) is 43.9 Å². The predicted molar refractivity (Wildman–Crippen MR) is 174 cm³/mol. The molecule has 0 N–H and O–H groups in total. The van der Waals surface area contributed by atoms with E-state index < -0.39 is 0 Å². The first-order valence-corrected chi connectivity index (χ1v) is 13.6. The summed E-state index contributed by atoms with van der Waals surface area (Å²) in [5.41, 5.74) is 6.71. The van der Waals surface area contributed by atoms with Gasteiger partial charge in [0.25, 0.3) is 0 Å². The van der Waals surface area contributed by atoms with Gasteiger partial charge in [-0.2, -0.15) is 21.0 Å². The number of hydrogen-bond donors (Lipinski definition) is 0. The van der Waals surface area contributed by atoms with Gasteiger partial charge in [-0.25, -0.2) is 9.69 Å². The van der Waals surface area contributed by atoms with Gasteiger partial charge >= 0.3 is 16.8 Å².